The highest BCUT2D eigenvalue weighted by Crippen LogP contribution is 2.31. The summed E-state index contributed by atoms with van der Waals surface area (Å²) in [7, 11) is 0. The van der Waals surface area contributed by atoms with Crippen molar-refractivity contribution >= 4 is 22.6 Å². The number of alkyl halides is 1. The van der Waals surface area contributed by atoms with Gasteiger partial charge in [0.05, 0.1) is 12.2 Å². The number of hydrogen-bond acceptors (Lipinski definition) is 1. The molecular weight excluding hydrogens is 287 g/mol. The number of hydrogen-bond donors (Lipinski definition) is 0. The minimum atomic E-state index is 0.338. The third-order valence-corrected chi connectivity index (χ3v) is 3.67. The minimum Gasteiger partial charge on any atom is -0.370 e. The van der Waals surface area contributed by atoms with Crippen LogP contribution in [0.4, 0.5) is 0 Å². The van der Waals surface area contributed by atoms with E-state index in [-0.39, 0.29) is 0 Å². The van der Waals surface area contributed by atoms with Crippen LogP contribution in [0.3, 0.4) is 0 Å². The van der Waals surface area contributed by atoms with Crippen molar-refractivity contribution in [3.8, 4) is 0 Å². The maximum Gasteiger partial charge on any atom is 0.0829 e. The fraction of sp³-hybridized carbons (Fsp3) is 0.500. The fourth-order valence-electron chi connectivity index (χ4n) is 1.93. The van der Waals surface area contributed by atoms with Gasteiger partial charge in [-0.05, 0) is 24.8 Å². The van der Waals surface area contributed by atoms with Crippen LogP contribution in [0, 0.1) is 0 Å². The predicted octanol–water partition coefficient (Wildman–Crippen LogP) is 3.73. The number of rotatable bonds is 2. The Morgan fingerprint density at radius 3 is 2.71 bits per heavy atom. The smallest absolute Gasteiger partial charge is 0.0829 e. The Hall–Kier alpha value is -0.0900. The average Bonchev–Trinajstić information content (AvgIpc) is 2.30. The first-order chi connectivity index (χ1) is 6.90. The quantitative estimate of drug-likeness (QED) is 0.597. The molecule has 0 N–H and O–H groups in total. The van der Waals surface area contributed by atoms with Gasteiger partial charge in [0.15, 0.2) is 0 Å². The molecule has 0 aromatic heterocycles. The number of halogens is 1. The van der Waals surface area contributed by atoms with Gasteiger partial charge in [-0.3, -0.25) is 0 Å². The highest BCUT2D eigenvalue weighted by atomic mass is 127. The van der Waals surface area contributed by atoms with E-state index in [2.05, 4.69) is 52.9 Å². The Morgan fingerprint density at radius 2 is 2.00 bits per heavy atom. The van der Waals surface area contributed by atoms with E-state index in [0.717, 1.165) is 4.43 Å². The van der Waals surface area contributed by atoms with Gasteiger partial charge in [0.2, 0.25) is 0 Å². The molecule has 0 radical (unpaired) electrons. The van der Waals surface area contributed by atoms with Crippen molar-refractivity contribution in [3.63, 3.8) is 0 Å². The van der Waals surface area contributed by atoms with Crippen LogP contribution in [0.25, 0.3) is 0 Å². The van der Waals surface area contributed by atoms with Crippen LogP contribution in [0.15, 0.2) is 30.3 Å². The monoisotopic (exact) mass is 302 g/mol. The van der Waals surface area contributed by atoms with E-state index in [4.69, 9.17) is 4.74 Å². The van der Waals surface area contributed by atoms with Crippen LogP contribution in [-0.2, 0) is 4.74 Å². The second kappa shape index (κ2) is 5.12. The van der Waals surface area contributed by atoms with Crippen molar-refractivity contribution in [1.29, 1.82) is 0 Å². The third-order valence-electron chi connectivity index (χ3n) is 2.69. The maximum atomic E-state index is 6.01. The number of ether oxygens (including phenoxy) is 1. The fourth-order valence-corrected chi connectivity index (χ4v) is 2.57. The summed E-state index contributed by atoms with van der Waals surface area (Å²) in [5, 5.41) is 0. The Labute approximate surface area is 99.0 Å². The van der Waals surface area contributed by atoms with Gasteiger partial charge in [-0.1, -0.05) is 52.9 Å². The largest absolute Gasteiger partial charge is 0.370 e. The SMILES string of the molecule is IC[C@@H]1CCCC(c2ccccc2)O1. The first-order valence-electron chi connectivity index (χ1n) is 5.16. The molecule has 1 aromatic carbocycles. The molecule has 0 bridgehead atoms. The summed E-state index contributed by atoms with van der Waals surface area (Å²) < 4.78 is 7.13. The molecule has 1 aliphatic rings. The Balaban J connectivity index is 2.04. The first kappa shape index (κ1) is 10.4. The molecule has 1 heterocycles. The molecule has 0 spiro atoms. The van der Waals surface area contributed by atoms with Crippen LogP contribution < -0.4 is 0 Å². The van der Waals surface area contributed by atoms with Gasteiger partial charge in [0, 0.05) is 4.43 Å². The molecule has 0 aliphatic carbocycles. The zero-order valence-electron chi connectivity index (χ0n) is 8.16. The van der Waals surface area contributed by atoms with Gasteiger partial charge in [-0.2, -0.15) is 0 Å². The summed E-state index contributed by atoms with van der Waals surface area (Å²) in [6, 6.07) is 10.6. The summed E-state index contributed by atoms with van der Waals surface area (Å²) >= 11 is 2.41. The lowest BCUT2D eigenvalue weighted by Gasteiger charge is -2.29. The third kappa shape index (κ3) is 2.48. The summed E-state index contributed by atoms with van der Waals surface area (Å²) in [6.45, 7) is 0. The molecule has 1 aromatic rings. The van der Waals surface area contributed by atoms with Crippen molar-refractivity contribution in [3.05, 3.63) is 35.9 Å². The second-order valence-electron chi connectivity index (χ2n) is 3.74. The normalized spacial score (nSPS) is 27.5. The van der Waals surface area contributed by atoms with Crippen LogP contribution in [0.5, 0.6) is 0 Å². The Bertz CT molecular complexity index is 273. The molecule has 1 saturated heterocycles. The highest BCUT2D eigenvalue weighted by Gasteiger charge is 2.22. The van der Waals surface area contributed by atoms with Gasteiger partial charge in [0.1, 0.15) is 0 Å². The lowest BCUT2D eigenvalue weighted by atomic mass is 9.99. The molecule has 14 heavy (non-hydrogen) atoms. The van der Waals surface area contributed by atoms with Crippen molar-refractivity contribution in [2.75, 3.05) is 4.43 Å². The van der Waals surface area contributed by atoms with Gasteiger partial charge in [0.25, 0.3) is 0 Å². The highest BCUT2D eigenvalue weighted by molar-refractivity contribution is 14.1. The molecule has 2 atom stereocenters. The molecule has 1 unspecified atom stereocenters. The van der Waals surface area contributed by atoms with Crippen LogP contribution in [0.2, 0.25) is 0 Å². The van der Waals surface area contributed by atoms with Crippen LogP contribution in [-0.4, -0.2) is 10.5 Å². The van der Waals surface area contributed by atoms with Crippen molar-refractivity contribution in [1.82, 2.24) is 0 Å². The van der Waals surface area contributed by atoms with E-state index in [0.29, 0.717) is 12.2 Å². The molecule has 2 rings (SSSR count). The van der Waals surface area contributed by atoms with Crippen molar-refractivity contribution < 1.29 is 4.74 Å². The topological polar surface area (TPSA) is 9.23 Å². The Kier molecular flexibility index (Phi) is 3.81. The van der Waals surface area contributed by atoms with E-state index >= 15 is 0 Å². The summed E-state index contributed by atoms with van der Waals surface area (Å²) in [4.78, 5) is 0. The van der Waals surface area contributed by atoms with E-state index in [1.165, 1.54) is 24.8 Å². The van der Waals surface area contributed by atoms with Crippen LogP contribution >= 0.6 is 22.6 Å². The van der Waals surface area contributed by atoms with Gasteiger partial charge in [-0.15, -0.1) is 0 Å². The zero-order valence-corrected chi connectivity index (χ0v) is 10.3. The van der Waals surface area contributed by atoms with Gasteiger partial charge >= 0.3 is 0 Å². The summed E-state index contributed by atoms with van der Waals surface area (Å²) in [6.07, 6.45) is 4.51. The Morgan fingerprint density at radius 1 is 1.21 bits per heavy atom. The van der Waals surface area contributed by atoms with E-state index < -0.39 is 0 Å². The lowest BCUT2D eigenvalue weighted by molar-refractivity contribution is -0.0375. The van der Waals surface area contributed by atoms with E-state index in [9.17, 15) is 0 Å². The standard InChI is InChI=1S/C12H15IO/c13-9-11-7-4-8-12(14-11)10-5-2-1-3-6-10/h1-3,5-6,11-12H,4,7-9H2/t11-,12?/m0/s1. The molecule has 2 heteroatoms. The van der Waals surface area contributed by atoms with Crippen LogP contribution in [0.1, 0.15) is 30.9 Å². The van der Waals surface area contributed by atoms with Crippen molar-refractivity contribution in [2.24, 2.45) is 0 Å². The molecule has 1 nitrogen and oxygen atoms in total. The molecule has 1 aliphatic heterocycles. The molecule has 0 amide bonds. The average molecular weight is 302 g/mol. The maximum absolute atomic E-state index is 6.01. The summed E-state index contributed by atoms with van der Waals surface area (Å²) in [5.41, 5.74) is 1.34. The minimum absolute atomic E-state index is 0.338. The molecule has 1 fully saturated rings. The lowest BCUT2D eigenvalue weighted by Crippen LogP contribution is -2.23. The number of benzene rings is 1. The first-order valence-corrected chi connectivity index (χ1v) is 6.69. The van der Waals surface area contributed by atoms with E-state index in [1.807, 2.05) is 0 Å². The zero-order chi connectivity index (χ0) is 9.80. The van der Waals surface area contributed by atoms with Gasteiger partial charge < -0.3 is 4.74 Å². The van der Waals surface area contributed by atoms with Gasteiger partial charge in [-0.25, -0.2) is 0 Å². The van der Waals surface area contributed by atoms with Crippen molar-refractivity contribution in [2.45, 2.75) is 31.5 Å². The molecule has 0 saturated carbocycles. The molecule has 76 valence electrons. The second-order valence-corrected chi connectivity index (χ2v) is 4.62. The summed E-state index contributed by atoms with van der Waals surface area (Å²) in [5.74, 6) is 0. The molecular formula is C12H15IO. The van der Waals surface area contributed by atoms with E-state index in [1.54, 1.807) is 0 Å². The predicted molar refractivity (Wildman–Crippen MR) is 66.8 cm³/mol.